The third-order valence-electron chi connectivity index (χ3n) is 2.37. The summed E-state index contributed by atoms with van der Waals surface area (Å²) in [4.78, 5) is 0. The van der Waals surface area contributed by atoms with Crippen LogP contribution in [0.1, 0.15) is 31.5 Å². The molecule has 0 bridgehead atoms. The second-order valence-electron chi connectivity index (χ2n) is 3.62. The fourth-order valence-corrected chi connectivity index (χ4v) is 1.86. The van der Waals surface area contributed by atoms with Crippen LogP contribution in [0, 0.1) is 0 Å². The SMILES string of the molecule is CCCOCCC(NN)c1c(Cl)cnn1C. The minimum Gasteiger partial charge on any atom is -0.381 e. The van der Waals surface area contributed by atoms with Gasteiger partial charge in [0.2, 0.25) is 0 Å². The number of ether oxygens (including phenoxy) is 1. The summed E-state index contributed by atoms with van der Waals surface area (Å²) in [6, 6.07) is -0.0307. The second kappa shape index (κ2) is 6.85. The zero-order chi connectivity index (χ0) is 12.0. The first-order valence-corrected chi connectivity index (χ1v) is 5.79. The van der Waals surface area contributed by atoms with Crippen LogP contribution in [0.25, 0.3) is 0 Å². The van der Waals surface area contributed by atoms with Gasteiger partial charge in [0.15, 0.2) is 0 Å². The lowest BCUT2D eigenvalue weighted by atomic mass is 10.1. The number of hydrogen-bond donors (Lipinski definition) is 2. The molecule has 0 aliphatic carbocycles. The van der Waals surface area contributed by atoms with E-state index in [1.54, 1.807) is 10.9 Å². The van der Waals surface area contributed by atoms with Crippen molar-refractivity contribution in [2.45, 2.75) is 25.8 Å². The lowest BCUT2D eigenvalue weighted by Gasteiger charge is -2.16. The molecule has 0 radical (unpaired) electrons. The molecule has 0 amide bonds. The highest BCUT2D eigenvalue weighted by Gasteiger charge is 2.17. The van der Waals surface area contributed by atoms with Crippen molar-refractivity contribution in [2.24, 2.45) is 12.9 Å². The predicted octanol–water partition coefficient (Wildman–Crippen LogP) is 1.39. The first kappa shape index (κ1) is 13.4. The number of rotatable bonds is 7. The molecule has 1 aromatic rings. The Hall–Kier alpha value is -0.620. The number of nitrogens with two attached hydrogens (primary N) is 1. The van der Waals surface area contributed by atoms with E-state index < -0.39 is 0 Å². The Morgan fingerprint density at radius 2 is 2.38 bits per heavy atom. The van der Waals surface area contributed by atoms with E-state index in [1.165, 1.54) is 0 Å². The standard InChI is InChI=1S/C10H19ClN4O/c1-3-5-16-6-4-9(14-12)10-8(11)7-13-15(10)2/h7,9,14H,3-6,12H2,1-2H3. The largest absolute Gasteiger partial charge is 0.381 e. The van der Waals surface area contributed by atoms with Crippen LogP contribution in [0.3, 0.4) is 0 Å². The predicted molar refractivity (Wildman–Crippen MR) is 64.0 cm³/mol. The highest BCUT2D eigenvalue weighted by molar-refractivity contribution is 6.31. The van der Waals surface area contributed by atoms with Gasteiger partial charge in [0.05, 0.1) is 23.0 Å². The molecule has 6 heteroatoms. The Morgan fingerprint density at radius 1 is 1.62 bits per heavy atom. The van der Waals surface area contributed by atoms with Crippen LogP contribution in [-0.2, 0) is 11.8 Å². The summed E-state index contributed by atoms with van der Waals surface area (Å²) in [5.41, 5.74) is 3.63. The lowest BCUT2D eigenvalue weighted by molar-refractivity contribution is 0.124. The molecule has 0 aliphatic heterocycles. The molecule has 1 atom stereocenters. The van der Waals surface area contributed by atoms with Gasteiger partial charge in [0, 0.05) is 20.3 Å². The monoisotopic (exact) mass is 246 g/mol. The first-order valence-electron chi connectivity index (χ1n) is 5.42. The summed E-state index contributed by atoms with van der Waals surface area (Å²) in [5.74, 6) is 5.51. The summed E-state index contributed by atoms with van der Waals surface area (Å²) >= 11 is 6.04. The fraction of sp³-hybridized carbons (Fsp3) is 0.700. The zero-order valence-electron chi connectivity index (χ0n) is 9.74. The van der Waals surface area contributed by atoms with Crippen LogP contribution in [0.5, 0.6) is 0 Å². The third-order valence-corrected chi connectivity index (χ3v) is 2.66. The maximum Gasteiger partial charge on any atom is 0.0834 e. The Morgan fingerprint density at radius 3 is 2.88 bits per heavy atom. The smallest absolute Gasteiger partial charge is 0.0834 e. The molecule has 92 valence electrons. The van der Waals surface area contributed by atoms with E-state index in [0.29, 0.717) is 11.6 Å². The Balaban J connectivity index is 2.54. The summed E-state index contributed by atoms with van der Waals surface area (Å²) in [7, 11) is 1.85. The first-order chi connectivity index (χ1) is 7.70. The van der Waals surface area contributed by atoms with Gasteiger partial charge in [-0.3, -0.25) is 16.0 Å². The summed E-state index contributed by atoms with van der Waals surface area (Å²) in [6.45, 7) is 3.51. The molecule has 0 saturated heterocycles. The topological polar surface area (TPSA) is 65.1 Å². The molecule has 1 unspecified atom stereocenters. The molecule has 3 N–H and O–H groups in total. The minimum atomic E-state index is -0.0307. The van der Waals surface area contributed by atoms with E-state index in [9.17, 15) is 0 Å². The molecular formula is C10H19ClN4O. The van der Waals surface area contributed by atoms with Gasteiger partial charge in [-0.2, -0.15) is 5.10 Å². The average molecular weight is 247 g/mol. The molecule has 1 heterocycles. The third kappa shape index (κ3) is 3.45. The normalized spacial score (nSPS) is 13.0. The minimum absolute atomic E-state index is 0.0307. The van der Waals surface area contributed by atoms with Crippen molar-refractivity contribution in [1.82, 2.24) is 15.2 Å². The molecule has 1 aromatic heterocycles. The van der Waals surface area contributed by atoms with Gasteiger partial charge < -0.3 is 4.74 Å². The number of nitrogens with one attached hydrogen (secondary N) is 1. The molecule has 1 rings (SSSR count). The van der Waals surface area contributed by atoms with E-state index in [4.69, 9.17) is 22.2 Å². The van der Waals surface area contributed by atoms with Crippen LogP contribution in [-0.4, -0.2) is 23.0 Å². The van der Waals surface area contributed by atoms with Crippen molar-refractivity contribution in [3.63, 3.8) is 0 Å². The molecule has 0 saturated carbocycles. The molecular weight excluding hydrogens is 228 g/mol. The van der Waals surface area contributed by atoms with E-state index >= 15 is 0 Å². The molecule has 0 aliphatic rings. The molecule has 5 nitrogen and oxygen atoms in total. The number of halogens is 1. The van der Waals surface area contributed by atoms with Gasteiger partial charge in [-0.05, 0) is 12.8 Å². The Bertz CT molecular complexity index is 296. The van der Waals surface area contributed by atoms with Gasteiger partial charge in [-0.1, -0.05) is 18.5 Å². The van der Waals surface area contributed by atoms with Crippen molar-refractivity contribution < 1.29 is 4.74 Å². The summed E-state index contributed by atoms with van der Waals surface area (Å²) in [6.07, 6.45) is 3.41. The van der Waals surface area contributed by atoms with E-state index in [1.807, 2.05) is 7.05 Å². The van der Waals surface area contributed by atoms with Crippen molar-refractivity contribution >= 4 is 11.6 Å². The van der Waals surface area contributed by atoms with Crippen molar-refractivity contribution in [3.8, 4) is 0 Å². The Labute approximate surface area is 101 Å². The van der Waals surface area contributed by atoms with E-state index in [0.717, 1.165) is 25.1 Å². The van der Waals surface area contributed by atoms with Crippen molar-refractivity contribution in [2.75, 3.05) is 13.2 Å². The number of hydrogen-bond acceptors (Lipinski definition) is 4. The molecule has 0 aromatic carbocycles. The number of nitrogens with zero attached hydrogens (tertiary/aromatic N) is 2. The van der Waals surface area contributed by atoms with Gasteiger partial charge in [0.25, 0.3) is 0 Å². The average Bonchev–Trinajstić information content (AvgIpc) is 2.60. The lowest BCUT2D eigenvalue weighted by Crippen LogP contribution is -2.30. The summed E-state index contributed by atoms with van der Waals surface area (Å²) < 4.78 is 7.15. The second-order valence-corrected chi connectivity index (χ2v) is 4.03. The van der Waals surface area contributed by atoms with Gasteiger partial charge >= 0.3 is 0 Å². The molecule has 0 fully saturated rings. The van der Waals surface area contributed by atoms with Crippen LogP contribution >= 0.6 is 11.6 Å². The van der Waals surface area contributed by atoms with Gasteiger partial charge in [0.1, 0.15) is 0 Å². The number of hydrazine groups is 1. The van der Waals surface area contributed by atoms with Crippen LogP contribution < -0.4 is 11.3 Å². The zero-order valence-corrected chi connectivity index (χ0v) is 10.5. The maximum absolute atomic E-state index is 6.04. The number of aryl methyl sites for hydroxylation is 1. The molecule has 16 heavy (non-hydrogen) atoms. The van der Waals surface area contributed by atoms with Crippen molar-refractivity contribution in [3.05, 3.63) is 16.9 Å². The van der Waals surface area contributed by atoms with Crippen molar-refractivity contribution in [1.29, 1.82) is 0 Å². The fourth-order valence-electron chi connectivity index (χ4n) is 1.56. The van der Waals surface area contributed by atoms with E-state index in [2.05, 4.69) is 17.4 Å². The maximum atomic E-state index is 6.04. The highest BCUT2D eigenvalue weighted by Crippen LogP contribution is 2.23. The summed E-state index contributed by atoms with van der Waals surface area (Å²) in [5, 5.41) is 4.70. The van der Waals surface area contributed by atoms with Crippen LogP contribution in [0.4, 0.5) is 0 Å². The molecule has 0 spiro atoms. The quantitative estimate of drug-likeness (QED) is 0.434. The number of aromatic nitrogens is 2. The Kier molecular flexibility index (Phi) is 5.76. The van der Waals surface area contributed by atoms with Gasteiger partial charge in [-0.15, -0.1) is 0 Å². The van der Waals surface area contributed by atoms with Crippen LogP contribution in [0.2, 0.25) is 5.02 Å². The van der Waals surface area contributed by atoms with Crippen LogP contribution in [0.15, 0.2) is 6.20 Å². The highest BCUT2D eigenvalue weighted by atomic mass is 35.5. The van der Waals surface area contributed by atoms with E-state index in [-0.39, 0.29) is 6.04 Å². The van der Waals surface area contributed by atoms with Gasteiger partial charge in [-0.25, -0.2) is 0 Å².